The van der Waals surface area contributed by atoms with Gasteiger partial charge < -0.3 is 14.2 Å². The van der Waals surface area contributed by atoms with Gasteiger partial charge in [-0.25, -0.2) is 13.2 Å². The Bertz CT molecular complexity index is 1490. The lowest BCUT2D eigenvalue weighted by atomic mass is 10.2. The molecule has 3 aromatic carbocycles. The molecule has 1 amide bonds. The lowest BCUT2D eigenvalue weighted by Gasteiger charge is -2.20. The van der Waals surface area contributed by atoms with E-state index in [2.05, 4.69) is 4.72 Å². The lowest BCUT2D eigenvalue weighted by molar-refractivity contribution is 0.157. The summed E-state index contributed by atoms with van der Waals surface area (Å²) in [5.74, 6) is 0.140. The zero-order valence-electron chi connectivity index (χ0n) is 20.4. The van der Waals surface area contributed by atoms with Gasteiger partial charge in [-0.1, -0.05) is 41.9 Å². The van der Waals surface area contributed by atoms with Crippen molar-refractivity contribution in [3.05, 3.63) is 89.1 Å². The number of carbonyl (C=O) groups is 1. The Balaban J connectivity index is 1.79. The SMILES string of the molecule is CCN(CC)C(=O)Oc1ccc2c(ccn2Cc2ccc(Cl)cc2)c1NS(=O)(=O)c1ccccc1C. The minimum Gasteiger partial charge on any atom is -0.408 e. The maximum atomic E-state index is 13.4. The molecule has 36 heavy (non-hydrogen) atoms. The van der Waals surface area contributed by atoms with Crippen molar-refractivity contribution >= 4 is 44.3 Å². The van der Waals surface area contributed by atoms with Crippen LogP contribution in [0.15, 0.2) is 77.8 Å². The third kappa shape index (κ3) is 5.34. The third-order valence-electron chi connectivity index (χ3n) is 6.02. The first kappa shape index (κ1) is 25.6. The molecule has 9 heteroatoms. The maximum absolute atomic E-state index is 13.4. The van der Waals surface area contributed by atoms with E-state index < -0.39 is 16.1 Å². The molecule has 0 bridgehead atoms. The third-order valence-corrected chi connectivity index (χ3v) is 7.78. The van der Waals surface area contributed by atoms with Crippen LogP contribution in [0.2, 0.25) is 5.02 Å². The van der Waals surface area contributed by atoms with Gasteiger partial charge in [-0.2, -0.15) is 0 Å². The Morgan fingerprint density at radius 3 is 2.36 bits per heavy atom. The molecule has 0 saturated heterocycles. The minimum absolute atomic E-state index is 0.140. The van der Waals surface area contributed by atoms with Crippen LogP contribution in [0.1, 0.15) is 25.0 Å². The minimum atomic E-state index is -3.96. The van der Waals surface area contributed by atoms with Gasteiger partial charge in [0.25, 0.3) is 10.0 Å². The van der Waals surface area contributed by atoms with E-state index in [9.17, 15) is 13.2 Å². The second kappa shape index (κ2) is 10.6. The van der Waals surface area contributed by atoms with E-state index in [1.165, 1.54) is 4.90 Å². The van der Waals surface area contributed by atoms with Crippen LogP contribution in [0, 0.1) is 6.92 Å². The number of halogens is 1. The van der Waals surface area contributed by atoms with Gasteiger partial charge in [0.15, 0.2) is 5.75 Å². The Kier molecular flexibility index (Phi) is 7.56. The molecule has 1 N–H and O–H groups in total. The summed E-state index contributed by atoms with van der Waals surface area (Å²) < 4.78 is 37.2. The molecule has 0 spiro atoms. The lowest BCUT2D eigenvalue weighted by Crippen LogP contribution is -2.33. The molecule has 1 aromatic heterocycles. The van der Waals surface area contributed by atoms with Crippen molar-refractivity contribution in [1.29, 1.82) is 0 Å². The number of amides is 1. The maximum Gasteiger partial charge on any atom is 0.415 e. The Labute approximate surface area is 216 Å². The highest BCUT2D eigenvalue weighted by Gasteiger charge is 2.23. The first-order valence-corrected chi connectivity index (χ1v) is 13.5. The molecule has 1 heterocycles. The number of nitrogens with one attached hydrogen (secondary N) is 1. The summed E-state index contributed by atoms with van der Waals surface area (Å²) in [4.78, 5) is 14.4. The number of hydrogen-bond donors (Lipinski definition) is 1. The van der Waals surface area contributed by atoms with Gasteiger partial charge in [0.2, 0.25) is 0 Å². The van der Waals surface area contributed by atoms with Gasteiger partial charge in [0.05, 0.1) is 10.4 Å². The van der Waals surface area contributed by atoms with Crippen LogP contribution in [0.5, 0.6) is 5.75 Å². The number of aromatic nitrogens is 1. The van der Waals surface area contributed by atoms with Crippen molar-refractivity contribution in [2.75, 3.05) is 17.8 Å². The van der Waals surface area contributed by atoms with Crippen molar-refractivity contribution in [3.8, 4) is 5.75 Å². The van der Waals surface area contributed by atoms with Crippen molar-refractivity contribution in [2.45, 2.75) is 32.2 Å². The number of hydrogen-bond acceptors (Lipinski definition) is 4. The highest BCUT2D eigenvalue weighted by Crippen LogP contribution is 2.36. The summed E-state index contributed by atoms with van der Waals surface area (Å²) in [6, 6.07) is 19.5. The summed E-state index contributed by atoms with van der Waals surface area (Å²) in [5, 5.41) is 1.27. The van der Waals surface area contributed by atoms with Crippen LogP contribution in [0.25, 0.3) is 10.9 Å². The second-order valence-corrected chi connectivity index (χ2v) is 10.4. The number of carbonyl (C=O) groups excluding carboxylic acids is 1. The summed E-state index contributed by atoms with van der Waals surface area (Å²) in [6.45, 7) is 6.94. The highest BCUT2D eigenvalue weighted by molar-refractivity contribution is 7.92. The van der Waals surface area contributed by atoms with E-state index in [0.717, 1.165) is 11.1 Å². The number of benzene rings is 3. The monoisotopic (exact) mass is 525 g/mol. The smallest absolute Gasteiger partial charge is 0.408 e. The molecule has 0 atom stereocenters. The fourth-order valence-electron chi connectivity index (χ4n) is 4.05. The van der Waals surface area contributed by atoms with Crippen LogP contribution in [0.4, 0.5) is 10.5 Å². The van der Waals surface area contributed by atoms with E-state index in [1.807, 2.05) is 61.0 Å². The summed E-state index contributed by atoms with van der Waals surface area (Å²) in [6.07, 6.45) is 1.33. The number of fused-ring (bicyclic) bond motifs is 1. The van der Waals surface area contributed by atoms with Gasteiger partial charge in [-0.3, -0.25) is 4.72 Å². The summed E-state index contributed by atoms with van der Waals surface area (Å²) in [5.41, 5.74) is 2.65. The number of ether oxygens (including phenoxy) is 1. The van der Waals surface area contributed by atoms with Gasteiger partial charge >= 0.3 is 6.09 Å². The summed E-state index contributed by atoms with van der Waals surface area (Å²) >= 11 is 6.02. The average molecular weight is 526 g/mol. The van der Waals surface area contributed by atoms with Crippen LogP contribution in [-0.2, 0) is 16.6 Å². The second-order valence-electron chi connectivity index (χ2n) is 8.35. The molecule has 0 saturated carbocycles. The standard InChI is InChI=1S/C27H28ClN3O4S/c1-4-30(5-2)27(32)35-24-15-14-23-22(16-17-31(23)18-20-10-12-21(28)13-11-20)26(24)29-36(33,34)25-9-7-6-8-19(25)3/h6-17,29H,4-5,18H2,1-3H3. The van der Waals surface area contributed by atoms with Crippen molar-refractivity contribution < 1.29 is 17.9 Å². The van der Waals surface area contributed by atoms with Crippen molar-refractivity contribution in [1.82, 2.24) is 9.47 Å². The topological polar surface area (TPSA) is 80.6 Å². The molecule has 0 aliphatic carbocycles. The van der Waals surface area contributed by atoms with Crippen molar-refractivity contribution in [2.24, 2.45) is 0 Å². The first-order valence-electron chi connectivity index (χ1n) is 11.6. The fraction of sp³-hybridized carbons (Fsp3) is 0.222. The summed E-state index contributed by atoms with van der Waals surface area (Å²) in [7, 11) is -3.96. The van der Waals surface area contributed by atoms with Gasteiger partial charge in [0.1, 0.15) is 5.69 Å². The van der Waals surface area contributed by atoms with E-state index in [4.69, 9.17) is 16.3 Å². The molecule has 0 aliphatic heterocycles. The Morgan fingerprint density at radius 1 is 1.00 bits per heavy atom. The molecule has 0 aliphatic rings. The molecular weight excluding hydrogens is 498 g/mol. The highest BCUT2D eigenvalue weighted by atomic mass is 35.5. The molecule has 7 nitrogen and oxygen atoms in total. The molecule has 0 fully saturated rings. The van der Waals surface area contributed by atoms with Crippen LogP contribution in [-0.4, -0.2) is 37.1 Å². The van der Waals surface area contributed by atoms with Crippen molar-refractivity contribution in [3.63, 3.8) is 0 Å². The van der Waals surface area contributed by atoms with Gasteiger partial charge in [-0.15, -0.1) is 0 Å². The quantitative estimate of drug-likeness (QED) is 0.293. The predicted octanol–water partition coefficient (Wildman–Crippen LogP) is 6.29. The number of anilines is 1. The molecule has 0 unspecified atom stereocenters. The first-order chi connectivity index (χ1) is 17.2. The average Bonchev–Trinajstić information content (AvgIpc) is 3.26. The van der Waals surface area contributed by atoms with Gasteiger partial charge in [-0.05, 0) is 68.3 Å². The van der Waals surface area contributed by atoms with Crippen LogP contribution < -0.4 is 9.46 Å². The molecular formula is C27H28ClN3O4S. The fourth-order valence-corrected chi connectivity index (χ4v) is 5.52. The van der Waals surface area contributed by atoms with Gasteiger partial charge in [0, 0.05) is 36.2 Å². The van der Waals surface area contributed by atoms with E-state index >= 15 is 0 Å². The molecule has 4 aromatic rings. The molecule has 188 valence electrons. The van der Waals surface area contributed by atoms with Crippen LogP contribution >= 0.6 is 11.6 Å². The van der Waals surface area contributed by atoms with Crippen LogP contribution in [0.3, 0.4) is 0 Å². The number of rotatable bonds is 8. The van der Waals surface area contributed by atoms with E-state index in [-0.39, 0.29) is 16.3 Å². The van der Waals surface area contributed by atoms with E-state index in [0.29, 0.717) is 35.6 Å². The zero-order valence-corrected chi connectivity index (χ0v) is 21.9. The molecule has 4 rings (SSSR count). The molecule has 0 radical (unpaired) electrons. The Morgan fingerprint density at radius 2 is 1.69 bits per heavy atom. The zero-order chi connectivity index (χ0) is 25.9. The predicted molar refractivity (Wildman–Crippen MR) is 143 cm³/mol. The number of nitrogens with zero attached hydrogens (tertiary/aromatic N) is 2. The normalized spacial score (nSPS) is 11.4. The largest absolute Gasteiger partial charge is 0.415 e. The number of sulfonamides is 1. The Hall–Kier alpha value is -3.49. The number of aryl methyl sites for hydroxylation is 1. The van der Waals surface area contributed by atoms with E-state index in [1.54, 1.807) is 37.3 Å².